The quantitative estimate of drug-likeness (QED) is 0.285. The number of hydrogen-bond donors (Lipinski definition) is 2. The number of nitrogens with zero attached hydrogens (tertiary/aromatic N) is 1. The van der Waals surface area contributed by atoms with Crippen molar-refractivity contribution in [1.29, 1.82) is 0 Å². The highest BCUT2D eigenvalue weighted by molar-refractivity contribution is 7.89. The molecule has 0 bridgehead atoms. The second-order valence-electron chi connectivity index (χ2n) is 9.38. The van der Waals surface area contributed by atoms with Gasteiger partial charge in [-0.3, -0.25) is 4.79 Å². The first-order valence-electron chi connectivity index (χ1n) is 12.8. The van der Waals surface area contributed by atoms with E-state index in [4.69, 9.17) is 4.74 Å². The Kier molecular flexibility index (Phi) is 7.95. The minimum atomic E-state index is -4.12. The van der Waals surface area contributed by atoms with Crippen LogP contribution in [0.2, 0.25) is 0 Å². The number of fused-ring (bicyclic) bond motifs is 3. The number of amides is 1. The Balaban J connectivity index is 1.20. The number of sulfonamides is 1. The van der Waals surface area contributed by atoms with Gasteiger partial charge < -0.3 is 15.2 Å². The van der Waals surface area contributed by atoms with Gasteiger partial charge in [0.05, 0.1) is 4.90 Å². The largest absolute Gasteiger partial charge is 0.480 e. The molecule has 1 amide bonds. The maximum Gasteiger partial charge on any atom is 0.407 e. The van der Waals surface area contributed by atoms with E-state index in [0.717, 1.165) is 37.7 Å². The molecule has 4 aromatic rings. The zero-order valence-electron chi connectivity index (χ0n) is 21.6. The second kappa shape index (κ2) is 11.7. The third-order valence-corrected chi connectivity index (χ3v) is 8.74. The van der Waals surface area contributed by atoms with Crippen LogP contribution in [-0.2, 0) is 19.6 Å². The molecule has 0 spiro atoms. The summed E-state index contributed by atoms with van der Waals surface area (Å²) in [5, 5.41) is 11.9. The van der Waals surface area contributed by atoms with E-state index in [1.165, 1.54) is 12.1 Å². The van der Waals surface area contributed by atoms with Crippen LogP contribution in [0, 0.1) is 0 Å². The summed E-state index contributed by atoms with van der Waals surface area (Å²) < 4.78 is 32.8. The summed E-state index contributed by atoms with van der Waals surface area (Å²) in [5.74, 6) is -1.41. The maximum absolute atomic E-state index is 13.2. The van der Waals surface area contributed by atoms with Gasteiger partial charge in [0.2, 0.25) is 10.0 Å². The molecule has 204 valence electrons. The number of carbonyl (C=O) groups excluding carboxylic acids is 1. The zero-order chi connectivity index (χ0) is 28.1. The minimum absolute atomic E-state index is 0.0328. The Labute approximate surface area is 232 Å². The molecule has 0 atom stereocenters. The smallest absolute Gasteiger partial charge is 0.407 e. The third kappa shape index (κ3) is 5.75. The van der Waals surface area contributed by atoms with Gasteiger partial charge in [-0.15, -0.1) is 0 Å². The number of carbonyl (C=O) groups is 2. The van der Waals surface area contributed by atoms with E-state index in [2.05, 4.69) is 5.32 Å². The highest BCUT2D eigenvalue weighted by Crippen LogP contribution is 2.44. The first kappa shape index (κ1) is 27.1. The number of carboxylic acids is 1. The highest BCUT2D eigenvalue weighted by atomic mass is 32.2. The molecule has 1 aliphatic carbocycles. The Bertz CT molecular complexity index is 1580. The summed E-state index contributed by atoms with van der Waals surface area (Å²) in [6, 6.07) is 31.7. The number of hydrogen-bond acceptors (Lipinski definition) is 5. The SMILES string of the molecule is O=C(O)CN(CCNC(=O)OCC1c2ccccc2-c2ccccc21)S(=O)(=O)c1ccc(-c2ccccc2)cc1. The third-order valence-electron chi connectivity index (χ3n) is 6.89. The van der Waals surface area contributed by atoms with E-state index in [1.54, 1.807) is 12.1 Å². The number of ether oxygens (including phenoxy) is 1. The molecule has 0 unspecified atom stereocenters. The van der Waals surface area contributed by atoms with Crippen LogP contribution in [0.3, 0.4) is 0 Å². The van der Waals surface area contributed by atoms with Gasteiger partial charge in [-0.2, -0.15) is 4.31 Å². The normalized spacial score (nSPS) is 12.5. The van der Waals surface area contributed by atoms with Crippen molar-refractivity contribution < 1.29 is 27.9 Å². The summed E-state index contributed by atoms with van der Waals surface area (Å²) in [5.41, 5.74) is 6.14. The Morgan fingerprint density at radius 1 is 0.775 bits per heavy atom. The average molecular weight is 557 g/mol. The molecule has 0 saturated heterocycles. The van der Waals surface area contributed by atoms with Gasteiger partial charge in [-0.05, 0) is 45.5 Å². The van der Waals surface area contributed by atoms with E-state index in [0.29, 0.717) is 0 Å². The van der Waals surface area contributed by atoms with Crippen molar-refractivity contribution in [2.24, 2.45) is 0 Å². The van der Waals surface area contributed by atoms with Crippen LogP contribution in [0.15, 0.2) is 108 Å². The van der Waals surface area contributed by atoms with Crippen LogP contribution in [0.25, 0.3) is 22.3 Å². The molecule has 0 fully saturated rings. The second-order valence-corrected chi connectivity index (χ2v) is 11.3. The lowest BCUT2D eigenvalue weighted by molar-refractivity contribution is -0.137. The lowest BCUT2D eigenvalue weighted by Gasteiger charge is -2.21. The summed E-state index contributed by atoms with van der Waals surface area (Å²) in [6.07, 6.45) is -0.707. The average Bonchev–Trinajstić information content (AvgIpc) is 3.29. The van der Waals surface area contributed by atoms with Gasteiger partial charge >= 0.3 is 12.1 Å². The van der Waals surface area contributed by atoms with E-state index in [-0.39, 0.29) is 30.5 Å². The zero-order valence-corrected chi connectivity index (χ0v) is 22.4. The van der Waals surface area contributed by atoms with Gasteiger partial charge in [0, 0.05) is 19.0 Å². The maximum atomic E-state index is 13.2. The standard InChI is InChI=1S/C31H28N2O6S/c34-30(35)20-33(40(37,38)24-16-14-23(15-17-24)22-8-2-1-3-9-22)19-18-32-31(36)39-21-29-27-12-6-4-10-25(27)26-11-5-7-13-28(26)29/h1-17,29H,18-21H2,(H,32,36)(H,34,35). The van der Waals surface area contributed by atoms with Crippen molar-refractivity contribution in [2.75, 3.05) is 26.2 Å². The van der Waals surface area contributed by atoms with Gasteiger partial charge in [0.25, 0.3) is 0 Å². The van der Waals surface area contributed by atoms with Crippen molar-refractivity contribution in [3.63, 3.8) is 0 Å². The first-order chi connectivity index (χ1) is 19.3. The Morgan fingerprint density at radius 2 is 1.32 bits per heavy atom. The van der Waals surface area contributed by atoms with Gasteiger partial charge in [-0.25, -0.2) is 13.2 Å². The van der Waals surface area contributed by atoms with Crippen LogP contribution in [0.5, 0.6) is 0 Å². The molecule has 9 heteroatoms. The predicted octanol–water partition coefficient (Wildman–Crippen LogP) is 4.97. The fraction of sp³-hybridized carbons (Fsp3) is 0.161. The number of carboxylic acid groups (broad SMARTS) is 1. The lowest BCUT2D eigenvalue weighted by atomic mass is 9.98. The van der Waals surface area contributed by atoms with Crippen LogP contribution < -0.4 is 5.32 Å². The minimum Gasteiger partial charge on any atom is -0.480 e. The number of alkyl carbamates (subject to hydrolysis) is 1. The molecule has 8 nitrogen and oxygen atoms in total. The van der Waals surface area contributed by atoms with Crippen molar-refractivity contribution in [3.05, 3.63) is 114 Å². The lowest BCUT2D eigenvalue weighted by Crippen LogP contribution is -2.41. The topological polar surface area (TPSA) is 113 Å². The van der Waals surface area contributed by atoms with Crippen LogP contribution in [0.4, 0.5) is 4.79 Å². The molecule has 0 aliphatic heterocycles. The van der Waals surface area contributed by atoms with E-state index < -0.39 is 28.6 Å². The summed E-state index contributed by atoms with van der Waals surface area (Å²) in [4.78, 5) is 23.9. The van der Waals surface area contributed by atoms with Gasteiger partial charge in [-0.1, -0.05) is 91.0 Å². The molecule has 4 aromatic carbocycles. The van der Waals surface area contributed by atoms with Crippen LogP contribution in [0.1, 0.15) is 17.0 Å². The number of rotatable bonds is 10. The highest BCUT2D eigenvalue weighted by Gasteiger charge is 2.29. The molecule has 2 N–H and O–H groups in total. The first-order valence-corrected chi connectivity index (χ1v) is 14.2. The molecule has 1 aliphatic rings. The predicted molar refractivity (Wildman–Crippen MR) is 151 cm³/mol. The van der Waals surface area contributed by atoms with Crippen LogP contribution in [-0.4, -0.2) is 56.1 Å². The fourth-order valence-electron chi connectivity index (χ4n) is 4.97. The molecular formula is C31H28N2O6S. The molecule has 0 aromatic heterocycles. The summed E-state index contributed by atoms with van der Waals surface area (Å²) in [6.45, 7) is -0.982. The Morgan fingerprint density at radius 3 is 1.93 bits per heavy atom. The summed E-state index contributed by atoms with van der Waals surface area (Å²) in [7, 11) is -4.12. The molecule has 5 rings (SSSR count). The number of aliphatic carboxylic acids is 1. The van der Waals surface area contributed by atoms with Crippen molar-refractivity contribution in [1.82, 2.24) is 9.62 Å². The molecular weight excluding hydrogens is 528 g/mol. The monoisotopic (exact) mass is 556 g/mol. The van der Waals surface area contributed by atoms with Gasteiger partial charge in [0.15, 0.2) is 0 Å². The van der Waals surface area contributed by atoms with Crippen molar-refractivity contribution in [3.8, 4) is 22.3 Å². The van der Waals surface area contributed by atoms with Crippen molar-refractivity contribution in [2.45, 2.75) is 10.8 Å². The molecule has 40 heavy (non-hydrogen) atoms. The molecule has 0 heterocycles. The van der Waals surface area contributed by atoms with E-state index in [1.807, 2.05) is 78.9 Å². The van der Waals surface area contributed by atoms with E-state index >= 15 is 0 Å². The van der Waals surface area contributed by atoms with E-state index in [9.17, 15) is 23.1 Å². The molecule has 0 radical (unpaired) electrons. The van der Waals surface area contributed by atoms with Gasteiger partial charge in [0.1, 0.15) is 13.2 Å². The molecule has 0 saturated carbocycles. The van der Waals surface area contributed by atoms with Crippen molar-refractivity contribution >= 4 is 22.1 Å². The fourth-order valence-corrected chi connectivity index (χ4v) is 6.36. The Hall–Kier alpha value is -4.47. The number of benzene rings is 4. The van der Waals surface area contributed by atoms with Crippen LogP contribution >= 0.6 is 0 Å². The number of nitrogens with one attached hydrogen (secondary N) is 1. The summed E-state index contributed by atoms with van der Waals surface area (Å²) >= 11 is 0.